The van der Waals surface area contributed by atoms with Gasteiger partial charge in [-0.15, -0.1) is 0 Å². The lowest BCUT2D eigenvalue weighted by atomic mass is 10.3. The standard InChI is InChI=1S/C14H24N2O2S2/c1-4-15-13-8-6-7-9-14(13)20(17,18)16-12(3)10-11-19-5-2/h6-9,12,15-16H,4-5,10-11H2,1-3H3. The van der Waals surface area contributed by atoms with Gasteiger partial charge in [0.25, 0.3) is 0 Å². The summed E-state index contributed by atoms with van der Waals surface area (Å²) in [6.45, 7) is 6.65. The molecule has 0 saturated heterocycles. The van der Waals surface area contributed by atoms with Crippen molar-refractivity contribution in [3.8, 4) is 0 Å². The van der Waals surface area contributed by atoms with Gasteiger partial charge in [-0.05, 0) is 43.9 Å². The third-order valence-corrected chi connectivity index (χ3v) is 5.38. The van der Waals surface area contributed by atoms with Crippen molar-refractivity contribution in [2.45, 2.75) is 38.1 Å². The first-order chi connectivity index (χ1) is 9.51. The molecule has 0 aliphatic heterocycles. The number of hydrogen-bond acceptors (Lipinski definition) is 4. The van der Waals surface area contributed by atoms with E-state index in [9.17, 15) is 8.42 Å². The molecule has 0 fully saturated rings. The minimum Gasteiger partial charge on any atom is -0.384 e. The highest BCUT2D eigenvalue weighted by molar-refractivity contribution is 7.99. The number of para-hydroxylation sites is 1. The summed E-state index contributed by atoms with van der Waals surface area (Å²) in [5.41, 5.74) is 0.651. The van der Waals surface area contributed by atoms with Crippen molar-refractivity contribution >= 4 is 27.5 Å². The summed E-state index contributed by atoms with van der Waals surface area (Å²) in [5.74, 6) is 2.03. The Morgan fingerprint density at radius 1 is 1.25 bits per heavy atom. The fourth-order valence-corrected chi connectivity index (χ4v) is 4.10. The summed E-state index contributed by atoms with van der Waals surface area (Å²) < 4.78 is 27.6. The number of sulfonamides is 1. The molecule has 1 aromatic rings. The van der Waals surface area contributed by atoms with Crippen LogP contribution < -0.4 is 10.0 Å². The first-order valence-electron chi connectivity index (χ1n) is 6.94. The van der Waals surface area contributed by atoms with Crippen LogP contribution >= 0.6 is 11.8 Å². The van der Waals surface area contributed by atoms with Gasteiger partial charge in [-0.2, -0.15) is 11.8 Å². The van der Waals surface area contributed by atoms with Crippen molar-refractivity contribution in [1.29, 1.82) is 0 Å². The summed E-state index contributed by atoms with van der Waals surface area (Å²) >= 11 is 1.82. The van der Waals surface area contributed by atoms with Crippen LogP contribution in [0.4, 0.5) is 5.69 Å². The predicted octanol–water partition coefficient (Wildman–Crippen LogP) is 2.93. The fourth-order valence-electron chi connectivity index (χ4n) is 1.83. The predicted molar refractivity (Wildman–Crippen MR) is 88.0 cm³/mol. The zero-order valence-electron chi connectivity index (χ0n) is 12.3. The van der Waals surface area contributed by atoms with Crippen LogP contribution in [0.5, 0.6) is 0 Å². The zero-order valence-corrected chi connectivity index (χ0v) is 14.0. The van der Waals surface area contributed by atoms with Gasteiger partial charge in [0.15, 0.2) is 0 Å². The highest BCUT2D eigenvalue weighted by Gasteiger charge is 2.20. The Morgan fingerprint density at radius 3 is 2.60 bits per heavy atom. The summed E-state index contributed by atoms with van der Waals surface area (Å²) in [6.07, 6.45) is 0.834. The summed E-state index contributed by atoms with van der Waals surface area (Å²) in [5, 5.41) is 3.08. The summed E-state index contributed by atoms with van der Waals surface area (Å²) in [7, 11) is -3.47. The Kier molecular flexibility index (Phi) is 7.40. The second kappa shape index (κ2) is 8.54. The van der Waals surface area contributed by atoms with Crippen molar-refractivity contribution in [1.82, 2.24) is 4.72 Å². The third kappa shape index (κ3) is 5.34. The molecule has 2 N–H and O–H groups in total. The molecule has 20 heavy (non-hydrogen) atoms. The topological polar surface area (TPSA) is 58.2 Å². The molecule has 0 heterocycles. The number of benzene rings is 1. The molecule has 0 aliphatic carbocycles. The van der Waals surface area contributed by atoms with Gasteiger partial charge in [-0.25, -0.2) is 13.1 Å². The van der Waals surface area contributed by atoms with Gasteiger partial charge in [0, 0.05) is 12.6 Å². The maximum Gasteiger partial charge on any atom is 0.242 e. The lowest BCUT2D eigenvalue weighted by Gasteiger charge is -2.16. The molecule has 0 amide bonds. The monoisotopic (exact) mass is 316 g/mol. The largest absolute Gasteiger partial charge is 0.384 e. The van der Waals surface area contributed by atoms with Crippen LogP contribution in [0, 0.1) is 0 Å². The number of hydrogen-bond donors (Lipinski definition) is 2. The molecule has 6 heteroatoms. The molecule has 0 aliphatic rings. The Morgan fingerprint density at radius 2 is 1.95 bits per heavy atom. The van der Waals surface area contributed by atoms with Crippen molar-refractivity contribution in [2.75, 3.05) is 23.4 Å². The lowest BCUT2D eigenvalue weighted by Crippen LogP contribution is -2.33. The molecule has 1 rings (SSSR count). The SMILES string of the molecule is CCNc1ccccc1S(=O)(=O)NC(C)CCSCC. The maximum absolute atomic E-state index is 12.4. The molecule has 1 atom stereocenters. The number of thioether (sulfide) groups is 1. The zero-order chi connectivity index (χ0) is 15.0. The van der Waals surface area contributed by atoms with Gasteiger partial charge >= 0.3 is 0 Å². The minimum absolute atomic E-state index is 0.0614. The van der Waals surface area contributed by atoms with E-state index in [1.54, 1.807) is 18.2 Å². The number of nitrogens with one attached hydrogen (secondary N) is 2. The van der Waals surface area contributed by atoms with Crippen molar-refractivity contribution < 1.29 is 8.42 Å². The van der Waals surface area contributed by atoms with E-state index in [1.807, 2.05) is 31.7 Å². The van der Waals surface area contributed by atoms with Gasteiger partial charge < -0.3 is 5.32 Å². The molecule has 114 valence electrons. The second-order valence-electron chi connectivity index (χ2n) is 4.53. The van der Waals surface area contributed by atoms with Gasteiger partial charge in [-0.1, -0.05) is 19.1 Å². The average Bonchev–Trinajstić information content (AvgIpc) is 2.39. The van der Waals surface area contributed by atoms with E-state index < -0.39 is 10.0 Å². The normalized spacial score (nSPS) is 13.2. The van der Waals surface area contributed by atoms with Crippen LogP contribution in [0.25, 0.3) is 0 Å². The van der Waals surface area contributed by atoms with Gasteiger partial charge in [-0.3, -0.25) is 0 Å². The molecule has 0 bridgehead atoms. The highest BCUT2D eigenvalue weighted by atomic mass is 32.2. The Bertz CT molecular complexity index is 504. The molecule has 0 spiro atoms. The summed E-state index contributed by atoms with van der Waals surface area (Å²) in [4.78, 5) is 0.317. The van der Waals surface area contributed by atoms with Crippen LogP contribution in [-0.2, 0) is 10.0 Å². The molecule has 1 aromatic carbocycles. The van der Waals surface area contributed by atoms with E-state index in [0.29, 0.717) is 17.1 Å². The molecule has 0 aromatic heterocycles. The van der Waals surface area contributed by atoms with E-state index in [0.717, 1.165) is 17.9 Å². The van der Waals surface area contributed by atoms with E-state index >= 15 is 0 Å². The van der Waals surface area contributed by atoms with E-state index in [1.165, 1.54) is 0 Å². The first-order valence-corrected chi connectivity index (χ1v) is 9.58. The molecular formula is C14H24N2O2S2. The maximum atomic E-state index is 12.4. The average molecular weight is 316 g/mol. The molecule has 4 nitrogen and oxygen atoms in total. The number of rotatable bonds is 9. The number of anilines is 1. The van der Waals surface area contributed by atoms with E-state index in [2.05, 4.69) is 17.0 Å². The van der Waals surface area contributed by atoms with Gasteiger partial charge in [0.05, 0.1) is 5.69 Å². The van der Waals surface area contributed by atoms with Crippen molar-refractivity contribution in [3.05, 3.63) is 24.3 Å². The van der Waals surface area contributed by atoms with Crippen LogP contribution in [0.3, 0.4) is 0 Å². The molecular weight excluding hydrogens is 292 g/mol. The first kappa shape index (κ1) is 17.3. The second-order valence-corrected chi connectivity index (χ2v) is 7.61. The quantitative estimate of drug-likeness (QED) is 0.688. The highest BCUT2D eigenvalue weighted by Crippen LogP contribution is 2.21. The van der Waals surface area contributed by atoms with Crippen LogP contribution in [0.1, 0.15) is 27.2 Å². The third-order valence-electron chi connectivity index (χ3n) is 2.80. The fraction of sp³-hybridized carbons (Fsp3) is 0.571. The van der Waals surface area contributed by atoms with E-state index in [4.69, 9.17) is 0 Å². The van der Waals surface area contributed by atoms with E-state index in [-0.39, 0.29) is 6.04 Å². The Labute approximate surface area is 126 Å². The lowest BCUT2D eigenvalue weighted by molar-refractivity contribution is 0.557. The van der Waals surface area contributed by atoms with Crippen LogP contribution in [-0.4, -0.2) is 32.5 Å². The van der Waals surface area contributed by atoms with Crippen LogP contribution in [0.15, 0.2) is 29.2 Å². The Hall–Kier alpha value is -0.720. The van der Waals surface area contributed by atoms with Gasteiger partial charge in [0.1, 0.15) is 4.90 Å². The van der Waals surface area contributed by atoms with Gasteiger partial charge in [0.2, 0.25) is 10.0 Å². The molecule has 0 saturated carbocycles. The minimum atomic E-state index is -3.47. The Balaban J connectivity index is 2.78. The molecule has 0 radical (unpaired) electrons. The van der Waals surface area contributed by atoms with Crippen LogP contribution in [0.2, 0.25) is 0 Å². The van der Waals surface area contributed by atoms with Crippen molar-refractivity contribution in [2.24, 2.45) is 0 Å². The molecule has 1 unspecified atom stereocenters. The van der Waals surface area contributed by atoms with Crippen molar-refractivity contribution in [3.63, 3.8) is 0 Å². The summed E-state index contributed by atoms with van der Waals surface area (Å²) in [6, 6.07) is 6.93. The smallest absolute Gasteiger partial charge is 0.242 e.